The summed E-state index contributed by atoms with van der Waals surface area (Å²) < 4.78 is 0.906. The van der Waals surface area contributed by atoms with Crippen molar-refractivity contribution in [3.63, 3.8) is 0 Å². The highest BCUT2D eigenvalue weighted by molar-refractivity contribution is 9.10. The number of hydrogen-bond acceptors (Lipinski definition) is 3. The fourth-order valence-electron chi connectivity index (χ4n) is 3.48. The number of halogens is 1. The monoisotopic (exact) mass is 379 g/mol. The van der Waals surface area contributed by atoms with Gasteiger partial charge in [0.15, 0.2) is 0 Å². The first-order valence-electron chi connectivity index (χ1n) is 7.34. The van der Waals surface area contributed by atoms with Gasteiger partial charge in [0.25, 0.3) is 5.56 Å². The number of aromatic nitrogens is 2. The van der Waals surface area contributed by atoms with E-state index in [2.05, 4.69) is 31.4 Å². The number of benzene rings is 1. The number of rotatable bonds is 2. The van der Waals surface area contributed by atoms with E-state index >= 15 is 0 Å². The van der Waals surface area contributed by atoms with Crippen molar-refractivity contribution in [3.05, 3.63) is 55.9 Å². The molecule has 0 unspecified atom stereocenters. The fraction of sp³-hybridized carbons (Fsp3) is 0.375. The summed E-state index contributed by atoms with van der Waals surface area (Å²) >= 11 is 3.39. The average molecular weight is 380 g/mol. The van der Waals surface area contributed by atoms with Crippen LogP contribution in [0.5, 0.6) is 0 Å². The summed E-state index contributed by atoms with van der Waals surface area (Å²) in [6.45, 7) is 1.63. The zero-order chi connectivity index (χ0) is 16.8. The minimum absolute atomic E-state index is 0.214. The van der Waals surface area contributed by atoms with Crippen molar-refractivity contribution in [2.24, 2.45) is 5.92 Å². The third kappa shape index (κ3) is 2.64. The minimum Gasteiger partial charge on any atom is -0.389 e. The van der Waals surface area contributed by atoms with Crippen molar-refractivity contribution in [2.75, 3.05) is 7.05 Å². The molecule has 1 aromatic heterocycles. The number of H-pyrrole nitrogens is 2. The molecule has 3 rings (SSSR count). The molecule has 1 amide bonds. The third-order valence-corrected chi connectivity index (χ3v) is 5.03. The van der Waals surface area contributed by atoms with Crippen LogP contribution in [0, 0.1) is 5.92 Å². The number of carbonyl (C=O) groups excluding carboxylic acids is 1. The van der Waals surface area contributed by atoms with Gasteiger partial charge in [-0.2, -0.15) is 0 Å². The average Bonchev–Trinajstić information content (AvgIpc) is 2.85. The molecule has 6 nitrogen and oxygen atoms in total. The summed E-state index contributed by atoms with van der Waals surface area (Å²) in [6, 6.07) is 7.45. The van der Waals surface area contributed by atoms with E-state index in [-0.39, 0.29) is 17.9 Å². The highest BCUT2D eigenvalue weighted by atomic mass is 79.9. The first-order valence-corrected chi connectivity index (χ1v) is 8.13. The van der Waals surface area contributed by atoms with E-state index in [9.17, 15) is 14.7 Å². The fourth-order valence-corrected chi connectivity index (χ4v) is 3.75. The Labute approximate surface area is 141 Å². The second kappa shape index (κ2) is 5.65. The van der Waals surface area contributed by atoms with Gasteiger partial charge in [-0.15, -0.1) is 0 Å². The van der Waals surface area contributed by atoms with Gasteiger partial charge in [-0.05, 0) is 24.6 Å². The normalized spacial score (nSPS) is 26.6. The molecule has 2 aromatic rings. The van der Waals surface area contributed by atoms with Gasteiger partial charge >= 0.3 is 0 Å². The van der Waals surface area contributed by atoms with Gasteiger partial charge in [0.1, 0.15) is 0 Å². The molecule has 1 aliphatic carbocycles. The minimum atomic E-state index is -1.27. The molecule has 0 spiro atoms. The van der Waals surface area contributed by atoms with Gasteiger partial charge in [-0.1, -0.05) is 28.1 Å². The van der Waals surface area contributed by atoms with Gasteiger partial charge in [-0.25, -0.2) is 0 Å². The maximum Gasteiger partial charge on any atom is 0.267 e. The molecule has 122 valence electrons. The van der Waals surface area contributed by atoms with Gasteiger partial charge in [0.2, 0.25) is 5.91 Å². The van der Waals surface area contributed by atoms with Crippen LogP contribution in [0.1, 0.15) is 29.7 Å². The first kappa shape index (κ1) is 16.0. The molecule has 0 bridgehead atoms. The summed E-state index contributed by atoms with van der Waals surface area (Å²) in [7, 11) is 1.54. The Hall–Kier alpha value is -1.86. The van der Waals surface area contributed by atoms with Crippen LogP contribution in [0.25, 0.3) is 0 Å². The summed E-state index contributed by atoms with van der Waals surface area (Å²) in [4.78, 5) is 24.7. The van der Waals surface area contributed by atoms with Gasteiger partial charge < -0.3 is 15.5 Å². The number of nitrogens with one attached hydrogen (secondary N) is 3. The Morgan fingerprint density at radius 1 is 1.35 bits per heavy atom. The zero-order valence-corrected chi connectivity index (χ0v) is 14.4. The van der Waals surface area contributed by atoms with Crippen molar-refractivity contribution in [2.45, 2.75) is 24.9 Å². The van der Waals surface area contributed by atoms with Crippen LogP contribution in [0.3, 0.4) is 0 Å². The Balaban J connectivity index is 2.24. The SMILES string of the molecule is CNC(=O)[C@@H]1[C@H](c2ccc(Br)cc2)c2c([nH][nH]c2=O)C[C@]1(C)O. The van der Waals surface area contributed by atoms with Crippen LogP contribution in [0.4, 0.5) is 0 Å². The van der Waals surface area contributed by atoms with Gasteiger partial charge in [0, 0.05) is 35.1 Å². The number of amides is 1. The van der Waals surface area contributed by atoms with Crippen LogP contribution >= 0.6 is 15.9 Å². The van der Waals surface area contributed by atoms with Crippen molar-refractivity contribution in [1.29, 1.82) is 0 Å². The largest absolute Gasteiger partial charge is 0.389 e. The molecule has 1 aromatic carbocycles. The van der Waals surface area contributed by atoms with Crippen molar-refractivity contribution in [3.8, 4) is 0 Å². The molecular weight excluding hydrogens is 362 g/mol. The summed E-state index contributed by atoms with van der Waals surface area (Å²) in [5.41, 5.74) is 0.460. The molecule has 23 heavy (non-hydrogen) atoms. The molecule has 0 fully saturated rings. The predicted molar refractivity (Wildman–Crippen MR) is 89.3 cm³/mol. The highest BCUT2D eigenvalue weighted by Gasteiger charge is 2.49. The number of fused-ring (bicyclic) bond motifs is 1. The summed E-state index contributed by atoms with van der Waals surface area (Å²) in [5.74, 6) is -1.55. The van der Waals surface area contributed by atoms with Crippen molar-refractivity contribution < 1.29 is 9.90 Å². The lowest BCUT2D eigenvalue weighted by molar-refractivity contribution is -0.134. The quantitative estimate of drug-likeness (QED) is 0.632. The Kier molecular flexibility index (Phi) is 3.93. The standard InChI is InChI=1S/C16H18BrN3O3/c1-16(23)7-10-12(14(21)20-19-10)11(13(16)15(22)18-2)8-3-5-9(17)6-4-8/h3-6,11,13,23H,7H2,1-2H3,(H,18,22)(H2,19,20,21)/t11-,13+,16+/m1/s1. The molecule has 0 saturated heterocycles. The van der Waals surface area contributed by atoms with Crippen LogP contribution in [0.2, 0.25) is 0 Å². The maximum absolute atomic E-state index is 12.5. The second-order valence-corrected chi connectivity index (χ2v) is 7.04. The number of carbonyl (C=O) groups is 1. The molecular formula is C16H18BrN3O3. The Morgan fingerprint density at radius 3 is 2.61 bits per heavy atom. The molecule has 0 radical (unpaired) electrons. The van der Waals surface area contributed by atoms with Crippen molar-refractivity contribution >= 4 is 21.8 Å². The molecule has 0 saturated carbocycles. The number of aromatic amines is 2. The molecule has 1 aliphatic rings. The van der Waals surface area contributed by atoms with E-state index in [1.807, 2.05) is 24.3 Å². The zero-order valence-electron chi connectivity index (χ0n) is 12.8. The second-order valence-electron chi connectivity index (χ2n) is 6.13. The van der Waals surface area contributed by atoms with Crippen LogP contribution in [-0.4, -0.2) is 33.9 Å². The van der Waals surface area contributed by atoms with E-state index in [1.165, 1.54) is 7.05 Å². The summed E-state index contributed by atoms with van der Waals surface area (Å²) in [6.07, 6.45) is 0.214. The predicted octanol–water partition coefficient (Wildman–Crippen LogP) is 1.27. The lowest BCUT2D eigenvalue weighted by Gasteiger charge is -2.40. The first-order chi connectivity index (χ1) is 10.8. The van der Waals surface area contributed by atoms with E-state index in [0.29, 0.717) is 11.3 Å². The summed E-state index contributed by atoms with van der Waals surface area (Å²) in [5, 5.41) is 18.9. The van der Waals surface area contributed by atoms with E-state index in [1.54, 1.807) is 6.92 Å². The van der Waals surface area contributed by atoms with E-state index in [4.69, 9.17) is 0 Å². The number of hydrogen-bond donors (Lipinski definition) is 4. The van der Waals surface area contributed by atoms with Crippen molar-refractivity contribution in [1.82, 2.24) is 15.5 Å². The Morgan fingerprint density at radius 2 is 2.00 bits per heavy atom. The molecule has 1 heterocycles. The van der Waals surface area contributed by atoms with Crippen LogP contribution in [0.15, 0.2) is 33.5 Å². The molecule has 0 aliphatic heterocycles. The molecule has 4 N–H and O–H groups in total. The lowest BCUT2D eigenvalue weighted by Crippen LogP contribution is -2.52. The van der Waals surface area contributed by atoms with Crippen LogP contribution < -0.4 is 10.9 Å². The van der Waals surface area contributed by atoms with E-state index < -0.39 is 17.4 Å². The Bertz CT molecular complexity index is 792. The lowest BCUT2D eigenvalue weighted by atomic mass is 9.66. The third-order valence-electron chi connectivity index (χ3n) is 4.50. The highest BCUT2D eigenvalue weighted by Crippen LogP contribution is 2.44. The maximum atomic E-state index is 12.5. The topological polar surface area (TPSA) is 98.0 Å². The molecule has 3 atom stereocenters. The van der Waals surface area contributed by atoms with Gasteiger partial charge in [0.05, 0.1) is 11.5 Å². The number of aliphatic hydroxyl groups is 1. The van der Waals surface area contributed by atoms with E-state index in [0.717, 1.165) is 10.0 Å². The van der Waals surface area contributed by atoms with Gasteiger partial charge in [-0.3, -0.25) is 14.7 Å². The van der Waals surface area contributed by atoms with Crippen LogP contribution in [-0.2, 0) is 11.2 Å². The molecule has 7 heteroatoms. The smallest absolute Gasteiger partial charge is 0.267 e.